The quantitative estimate of drug-likeness (QED) is 0.601. The summed E-state index contributed by atoms with van der Waals surface area (Å²) in [6.45, 7) is 5.70. The molecule has 2 N–H and O–H groups in total. The van der Waals surface area contributed by atoms with Gasteiger partial charge in [0.05, 0.1) is 18.9 Å². The number of rotatable bonds is 6. The van der Waals surface area contributed by atoms with Gasteiger partial charge in [-0.1, -0.05) is 26.0 Å². The Morgan fingerprint density at radius 2 is 1.90 bits per heavy atom. The Morgan fingerprint density at radius 1 is 1.19 bits per heavy atom. The highest BCUT2D eigenvalue weighted by Gasteiger charge is 2.26. The molecule has 2 heterocycles. The molecule has 1 saturated heterocycles. The standard InChI is InChI=1S/C24H27N3O3S/c1-24(2,17-6-10-20(30-3)11-7-17)21-15-31-23(25-21)26-22(29)16-4-8-18(9-5-16)27-13-12-19(28)14-27/h4-11,15,19,28H,12-14H2,1-3H3,(H,25,26,29). The summed E-state index contributed by atoms with van der Waals surface area (Å²) in [5, 5.41) is 15.2. The number of ether oxygens (including phenoxy) is 1. The van der Waals surface area contributed by atoms with Crippen molar-refractivity contribution in [2.24, 2.45) is 0 Å². The van der Waals surface area contributed by atoms with E-state index in [0.717, 1.165) is 35.7 Å². The second-order valence-electron chi connectivity index (χ2n) is 8.28. The fourth-order valence-electron chi connectivity index (χ4n) is 3.74. The first-order valence-electron chi connectivity index (χ1n) is 10.3. The maximum atomic E-state index is 12.7. The van der Waals surface area contributed by atoms with Crippen molar-refractivity contribution in [3.05, 3.63) is 70.7 Å². The van der Waals surface area contributed by atoms with Gasteiger partial charge in [0.25, 0.3) is 5.91 Å². The summed E-state index contributed by atoms with van der Waals surface area (Å²) in [5.74, 6) is 0.633. The number of aliphatic hydroxyl groups excluding tert-OH is 1. The fourth-order valence-corrected chi connectivity index (χ4v) is 4.62. The smallest absolute Gasteiger partial charge is 0.257 e. The van der Waals surface area contributed by atoms with E-state index in [9.17, 15) is 9.90 Å². The molecule has 1 aromatic heterocycles. The number of amides is 1. The second-order valence-corrected chi connectivity index (χ2v) is 9.14. The monoisotopic (exact) mass is 437 g/mol. The molecule has 1 amide bonds. The van der Waals surface area contributed by atoms with E-state index in [1.165, 1.54) is 11.3 Å². The largest absolute Gasteiger partial charge is 0.497 e. The van der Waals surface area contributed by atoms with Crippen LogP contribution in [0.15, 0.2) is 53.9 Å². The summed E-state index contributed by atoms with van der Waals surface area (Å²) in [6.07, 6.45) is 0.505. The van der Waals surface area contributed by atoms with Gasteiger partial charge in [-0.15, -0.1) is 11.3 Å². The van der Waals surface area contributed by atoms with Gasteiger partial charge in [0.15, 0.2) is 5.13 Å². The van der Waals surface area contributed by atoms with E-state index in [1.54, 1.807) is 7.11 Å². The van der Waals surface area contributed by atoms with Crippen LogP contribution in [0, 0.1) is 0 Å². The van der Waals surface area contributed by atoms with Crippen molar-refractivity contribution in [2.75, 3.05) is 30.4 Å². The van der Waals surface area contributed by atoms with Gasteiger partial charge in [-0.3, -0.25) is 10.1 Å². The van der Waals surface area contributed by atoms with Crippen LogP contribution in [-0.2, 0) is 5.41 Å². The van der Waals surface area contributed by atoms with Crippen LogP contribution in [0.2, 0.25) is 0 Å². The average Bonchev–Trinajstić information content (AvgIpc) is 3.43. The molecule has 0 radical (unpaired) electrons. The molecule has 0 saturated carbocycles. The first-order chi connectivity index (χ1) is 14.9. The number of hydrogen-bond donors (Lipinski definition) is 2. The number of anilines is 2. The molecule has 1 atom stereocenters. The van der Waals surface area contributed by atoms with Crippen LogP contribution in [0.4, 0.5) is 10.8 Å². The molecule has 31 heavy (non-hydrogen) atoms. The zero-order valence-corrected chi connectivity index (χ0v) is 18.8. The number of carbonyl (C=O) groups is 1. The summed E-state index contributed by atoms with van der Waals surface area (Å²) < 4.78 is 5.24. The van der Waals surface area contributed by atoms with E-state index in [4.69, 9.17) is 4.74 Å². The van der Waals surface area contributed by atoms with Gasteiger partial charge in [0, 0.05) is 35.1 Å². The minimum atomic E-state index is -0.298. The summed E-state index contributed by atoms with van der Waals surface area (Å²) in [4.78, 5) is 19.5. The minimum Gasteiger partial charge on any atom is -0.497 e. The Hall–Kier alpha value is -2.90. The van der Waals surface area contributed by atoms with Gasteiger partial charge < -0.3 is 14.7 Å². The average molecular weight is 438 g/mol. The highest BCUT2D eigenvalue weighted by atomic mass is 32.1. The molecule has 3 aromatic rings. The van der Waals surface area contributed by atoms with Crippen LogP contribution in [0.25, 0.3) is 0 Å². The molecule has 0 aliphatic carbocycles. The number of β-amino-alcohol motifs (C(OH)–C–C–N with tert-alkyl or cyclic N) is 1. The molecule has 7 heteroatoms. The molecule has 1 aliphatic heterocycles. The molecule has 2 aromatic carbocycles. The van der Waals surface area contributed by atoms with Gasteiger partial charge in [0.2, 0.25) is 0 Å². The van der Waals surface area contributed by atoms with Crippen molar-refractivity contribution in [1.29, 1.82) is 0 Å². The molecular formula is C24H27N3O3S. The zero-order chi connectivity index (χ0) is 22.0. The lowest BCUT2D eigenvalue weighted by Gasteiger charge is -2.23. The van der Waals surface area contributed by atoms with Crippen LogP contribution in [-0.4, -0.2) is 42.3 Å². The van der Waals surface area contributed by atoms with Crippen molar-refractivity contribution < 1.29 is 14.6 Å². The number of nitrogens with zero attached hydrogens (tertiary/aromatic N) is 2. The van der Waals surface area contributed by atoms with E-state index in [2.05, 4.69) is 29.0 Å². The van der Waals surface area contributed by atoms with Crippen LogP contribution in [0.3, 0.4) is 0 Å². The molecule has 1 fully saturated rings. The SMILES string of the molecule is COc1ccc(C(C)(C)c2csc(NC(=O)c3ccc(N4CCC(O)C4)cc3)n2)cc1. The number of nitrogens with one attached hydrogen (secondary N) is 1. The third-order valence-electron chi connectivity index (χ3n) is 5.83. The third kappa shape index (κ3) is 4.57. The molecule has 0 bridgehead atoms. The lowest BCUT2D eigenvalue weighted by molar-refractivity contribution is 0.102. The van der Waals surface area contributed by atoms with Gasteiger partial charge >= 0.3 is 0 Å². The van der Waals surface area contributed by atoms with Gasteiger partial charge in [-0.2, -0.15) is 0 Å². The Balaban J connectivity index is 1.43. The normalized spacial score (nSPS) is 16.4. The number of methoxy groups -OCH3 is 1. The molecule has 1 unspecified atom stereocenters. The van der Waals surface area contributed by atoms with E-state index in [1.807, 2.05) is 53.9 Å². The zero-order valence-electron chi connectivity index (χ0n) is 18.0. The predicted octanol–water partition coefficient (Wildman–Crippen LogP) is 4.30. The number of hydrogen-bond acceptors (Lipinski definition) is 6. The molecule has 4 rings (SSSR count). The van der Waals surface area contributed by atoms with E-state index in [-0.39, 0.29) is 17.4 Å². The Kier molecular flexibility index (Phi) is 5.98. The molecular weight excluding hydrogens is 410 g/mol. The number of thiazole rings is 1. The Labute approximate surface area is 186 Å². The van der Waals surface area contributed by atoms with E-state index in [0.29, 0.717) is 17.2 Å². The number of aliphatic hydroxyl groups is 1. The van der Waals surface area contributed by atoms with Gasteiger partial charge in [-0.05, 0) is 48.4 Å². The summed E-state index contributed by atoms with van der Waals surface area (Å²) >= 11 is 1.42. The number of carbonyl (C=O) groups excluding carboxylic acids is 1. The lowest BCUT2D eigenvalue weighted by atomic mass is 9.82. The first kappa shape index (κ1) is 21.3. The highest BCUT2D eigenvalue weighted by Crippen LogP contribution is 2.34. The van der Waals surface area contributed by atoms with Crippen molar-refractivity contribution in [3.63, 3.8) is 0 Å². The number of benzene rings is 2. The summed E-state index contributed by atoms with van der Waals surface area (Å²) in [7, 11) is 1.65. The molecule has 0 spiro atoms. The van der Waals surface area contributed by atoms with Crippen molar-refractivity contribution in [3.8, 4) is 5.75 Å². The molecule has 162 valence electrons. The van der Waals surface area contributed by atoms with E-state index < -0.39 is 0 Å². The number of aromatic nitrogens is 1. The van der Waals surface area contributed by atoms with Gasteiger partial charge in [-0.25, -0.2) is 4.98 Å². The first-order valence-corrected chi connectivity index (χ1v) is 11.2. The van der Waals surface area contributed by atoms with Crippen LogP contribution < -0.4 is 15.0 Å². The summed E-state index contributed by atoms with van der Waals surface area (Å²) in [6, 6.07) is 15.4. The minimum absolute atomic E-state index is 0.184. The Bertz CT molecular complexity index is 1040. The fraction of sp³-hybridized carbons (Fsp3) is 0.333. The maximum absolute atomic E-state index is 12.7. The van der Waals surface area contributed by atoms with Crippen molar-refractivity contribution in [1.82, 2.24) is 4.98 Å². The predicted molar refractivity (Wildman–Crippen MR) is 124 cm³/mol. The van der Waals surface area contributed by atoms with Crippen LogP contribution in [0.5, 0.6) is 5.75 Å². The summed E-state index contributed by atoms with van der Waals surface area (Å²) in [5.41, 5.74) is 3.33. The maximum Gasteiger partial charge on any atom is 0.257 e. The van der Waals surface area contributed by atoms with Crippen LogP contribution >= 0.6 is 11.3 Å². The molecule has 6 nitrogen and oxygen atoms in total. The van der Waals surface area contributed by atoms with E-state index >= 15 is 0 Å². The third-order valence-corrected chi connectivity index (χ3v) is 6.59. The van der Waals surface area contributed by atoms with Crippen molar-refractivity contribution >= 4 is 28.1 Å². The van der Waals surface area contributed by atoms with Gasteiger partial charge in [0.1, 0.15) is 5.75 Å². The molecule has 1 aliphatic rings. The van der Waals surface area contributed by atoms with Crippen LogP contribution in [0.1, 0.15) is 41.9 Å². The lowest BCUT2D eigenvalue weighted by Crippen LogP contribution is -2.21. The second kappa shape index (κ2) is 8.69. The highest BCUT2D eigenvalue weighted by molar-refractivity contribution is 7.14. The Morgan fingerprint density at radius 3 is 2.52 bits per heavy atom. The van der Waals surface area contributed by atoms with Crippen molar-refractivity contribution in [2.45, 2.75) is 31.8 Å². The topological polar surface area (TPSA) is 74.7 Å².